The van der Waals surface area contributed by atoms with Crippen LogP contribution < -0.4 is 11.3 Å². The van der Waals surface area contributed by atoms with Gasteiger partial charge in [0.05, 0.1) is 28.1 Å². The first-order chi connectivity index (χ1) is 11.8. The molecule has 1 heterocycles. The molecule has 3 rings (SSSR count). The van der Waals surface area contributed by atoms with E-state index in [9.17, 15) is 19.8 Å². The Hall–Kier alpha value is -2.16. The minimum atomic E-state index is -1.23. The number of halogens is 1. The summed E-state index contributed by atoms with van der Waals surface area (Å²) in [6, 6.07) is 4.49. The number of hydrogen-bond acceptors (Lipinski definition) is 6. The van der Waals surface area contributed by atoms with Crippen LogP contribution in [0.1, 0.15) is 37.7 Å². The molecule has 0 radical (unpaired) electrons. The number of nitrogens with zero attached hydrogens (tertiary/aromatic N) is 2. The zero-order valence-electron chi connectivity index (χ0n) is 13.5. The molecule has 0 saturated heterocycles. The van der Waals surface area contributed by atoms with Crippen LogP contribution in [0.2, 0.25) is 5.02 Å². The molecule has 134 valence electrons. The minimum absolute atomic E-state index is 0.178. The van der Waals surface area contributed by atoms with Gasteiger partial charge < -0.3 is 20.7 Å². The summed E-state index contributed by atoms with van der Waals surface area (Å²) in [7, 11) is 0. The highest BCUT2D eigenvalue weighted by molar-refractivity contribution is 6.35. The van der Waals surface area contributed by atoms with Crippen molar-refractivity contribution in [1.29, 1.82) is 0 Å². The van der Waals surface area contributed by atoms with Crippen molar-refractivity contribution in [2.24, 2.45) is 5.73 Å². The third kappa shape index (κ3) is 3.08. The number of rotatable bonds is 4. The molecule has 1 aromatic carbocycles. The summed E-state index contributed by atoms with van der Waals surface area (Å²) in [5.74, 6) is 0.212. The predicted octanol–water partition coefficient (Wildman–Crippen LogP) is 1.26. The lowest BCUT2D eigenvalue weighted by molar-refractivity contribution is -0.104. The van der Waals surface area contributed by atoms with Crippen LogP contribution in [0, 0.1) is 0 Å². The number of carbonyl (C=O) groups is 1. The fraction of sp³-hybridized carbons (Fsp3) is 0.438. The summed E-state index contributed by atoms with van der Waals surface area (Å²) < 4.78 is 6.35. The Bertz CT molecular complexity index is 891. The van der Waals surface area contributed by atoms with E-state index in [0.29, 0.717) is 5.52 Å². The second-order valence-corrected chi connectivity index (χ2v) is 6.71. The molecule has 0 spiro atoms. The number of nitrogens with two attached hydrogens (primary N) is 1. The Kier molecular flexibility index (Phi) is 4.44. The maximum Gasteiger partial charge on any atom is 0.405 e. The molecular weight excluding hydrogens is 350 g/mol. The van der Waals surface area contributed by atoms with Crippen molar-refractivity contribution < 1.29 is 19.7 Å². The number of amides is 1. The van der Waals surface area contributed by atoms with Gasteiger partial charge in [-0.15, -0.1) is 0 Å². The van der Waals surface area contributed by atoms with Crippen LogP contribution in [0.5, 0.6) is 0 Å². The molecule has 0 aliphatic heterocycles. The summed E-state index contributed by atoms with van der Waals surface area (Å²) in [4.78, 5) is 28.5. The van der Waals surface area contributed by atoms with Gasteiger partial charge in [-0.1, -0.05) is 17.7 Å². The number of carbonyl (C=O) groups excluding carboxylic acids is 1. The maximum absolute atomic E-state index is 13.0. The Morgan fingerprint density at radius 2 is 2.24 bits per heavy atom. The first-order valence-electron chi connectivity index (χ1n) is 7.76. The molecule has 1 unspecified atom stereocenters. The van der Waals surface area contributed by atoms with Gasteiger partial charge in [-0.05, 0) is 31.9 Å². The lowest BCUT2D eigenvalue weighted by Crippen LogP contribution is -2.50. The van der Waals surface area contributed by atoms with E-state index in [0.717, 1.165) is 0 Å². The van der Waals surface area contributed by atoms with Gasteiger partial charge in [0.1, 0.15) is 0 Å². The van der Waals surface area contributed by atoms with E-state index in [-0.39, 0.29) is 29.1 Å². The molecule has 1 aromatic heterocycles. The minimum Gasteiger partial charge on any atom is -0.439 e. The van der Waals surface area contributed by atoms with Gasteiger partial charge in [-0.25, -0.2) is 9.78 Å². The monoisotopic (exact) mass is 367 g/mol. The van der Waals surface area contributed by atoms with Crippen LogP contribution in [0.4, 0.5) is 4.79 Å². The number of ether oxygens (including phenoxy) is 1. The third-order valence-electron chi connectivity index (χ3n) is 4.45. The summed E-state index contributed by atoms with van der Waals surface area (Å²) in [5, 5.41) is 19.8. The Balaban J connectivity index is 2.17. The topological polar surface area (TPSA) is 128 Å². The number of aromatic nitrogens is 2. The van der Waals surface area contributed by atoms with Crippen LogP contribution in [-0.4, -0.2) is 38.1 Å². The second kappa shape index (κ2) is 6.29. The van der Waals surface area contributed by atoms with Gasteiger partial charge in [0.2, 0.25) is 0 Å². The van der Waals surface area contributed by atoms with Crippen molar-refractivity contribution in [2.75, 3.05) is 6.61 Å². The zero-order valence-corrected chi connectivity index (χ0v) is 14.2. The Morgan fingerprint density at radius 3 is 2.84 bits per heavy atom. The molecule has 1 atom stereocenters. The van der Waals surface area contributed by atoms with Gasteiger partial charge in [0.25, 0.3) is 5.56 Å². The predicted molar refractivity (Wildman–Crippen MR) is 90.4 cm³/mol. The molecule has 1 aliphatic rings. The molecule has 1 saturated carbocycles. The van der Waals surface area contributed by atoms with Crippen LogP contribution in [-0.2, 0) is 4.74 Å². The summed E-state index contributed by atoms with van der Waals surface area (Å²) in [5.41, 5.74) is 3.82. The SMILES string of the molecule is CC(OC(N)=O)c1nc2cccc(Cl)c2c(=O)n1C1CC(O)(CO)C1. The Labute approximate surface area is 147 Å². The maximum atomic E-state index is 13.0. The molecule has 8 nitrogen and oxygen atoms in total. The molecule has 1 amide bonds. The second-order valence-electron chi connectivity index (χ2n) is 6.30. The highest BCUT2D eigenvalue weighted by Crippen LogP contribution is 2.41. The normalized spacial score (nSPS) is 23.9. The van der Waals surface area contributed by atoms with Gasteiger partial charge in [0.15, 0.2) is 11.9 Å². The first kappa shape index (κ1) is 17.7. The number of primary amides is 1. The van der Waals surface area contributed by atoms with E-state index in [1.54, 1.807) is 25.1 Å². The molecule has 9 heteroatoms. The first-order valence-corrected chi connectivity index (χ1v) is 8.13. The lowest BCUT2D eigenvalue weighted by Gasteiger charge is -2.43. The van der Waals surface area contributed by atoms with E-state index >= 15 is 0 Å². The van der Waals surface area contributed by atoms with Crippen molar-refractivity contribution in [2.45, 2.75) is 37.5 Å². The number of hydrogen-bond donors (Lipinski definition) is 3. The Morgan fingerprint density at radius 1 is 1.56 bits per heavy atom. The number of fused-ring (bicyclic) bond motifs is 1. The van der Waals surface area contributed by atoms with Crippen molar-refractivity contribution in [3.05, 3.63) is 39.4 Å². The van der Waals surface area contributed by atoms with E-state index in [4.69, 9.17) is 22.1 Å². The highest BCUT2D eigenvalue weighted by Gasteiger charge is 2.45. The van der Waals surface area contributed by atoms with E-state index in [1.165, 1.54) is 4.57 Å². The van der Waals surface area contributed by atoms with Crippen LogP contribution in [0.25, 0.3) is 10.9 Å². The van der Waals surface area contributed by atoms with Gasteiger partial charge >= 0.3 is 6.09 Å². The van der Waals surface area contributed by atoms with Crippen molar-refractivity contribution in [3.63, 3.8) is 0 Å². The number of benzene rings is 1. The molecule has 1 aliphatic carbocycles. The van der Waals surface area contributed by atoms with Crippen molar-refractivity contribution in [1.82, 2.24) is 9.55 Å². The van der Waals surface area contributed by atoms with Crippen molar-refractivity contribution in [3.8, 4) is 0 Å². The quantitative estimate of drug-likeness (QED) is 0.746. The van der Waals surface area contributed by atoms with Gasteiger partial charge in [0, 0.05) is 6.04 Å². The summed E-state index contributed by atoms with van der Waals surface area (Å²) >= 11 is 6.15. The van der Waals surface area contributed by atoms with E-state index in [2.05, 4.69) is 4.98 Å². The fourth-order valence-corrected chi connectivity index (χ4v) is 3.47. The van der Waals surface area contributed by atoms with Crippen LogP contribution in [0.15, 0.2) is 23.0 Å². The largest absolute Gasteiger partial charge is 0.439 e. The summed E-state index contributed by atoms with van der Waals surface area (Å²) in [6.07, 6.45) is -1.49. The number of aliphatic hydroxyl groups is 2. The molecule has 25 heavy (non-hydrogen) atoms. The third-order valence-corrected chi connectivity index (χ3v) is 4.77. The van der Waals surface area contributed by atoms with Gasteiger partial charge in [-0.2, -0.15) is 0 Å². The average Bonchev–Trinajstić information content (AvgIpc) is 2.51. The van der Waals surface area contributed by atoms with E-state index < -0.39 is 36.0 Å². The standard InChI is InChI=1S/C16H18ClN3O5/c1-8(25-15(18)23)13-19-11-4-2-3-10(17)12(11)14(22)20(13)9-5-16(24,6-9)7-21/h2-4,8-9,21,24H,5-7H2,1H3,(H2,18,23). The molecule has 4 N–H and O–H groups in total. The van der Waals surface area contributed by atoms with E-state index in [1.807, 2.05) is 0 Å². The zero-order chi connectivity index (χ0) is 18.4. The molecule has 2 aromatic rings. The molecule has 0 bridgehead atoms. The van der Waals surface area contributed by atoms with Gasteiger partial charge in [-0.3, -0.25) is 9.36 Å². The fourth-order valence-electron chi connectivity index (χ4n) is 3.22. The molecule has 1 fully saturated rings. The average molecular weight is 368 g/mol. The smallest absolute Gasteiger partial charge is 0.405 e. The van der Waals surface area contributed by atoms with Crippen molar-refractivity contribution >= 4 is 28.6 Å². The molecular formula is C16H18ClN3O5. The number of aliphatic hydroxyl groups excluding tert-OH is 1. The lowest BCUT2D eigenvalue weighted by atomic mass is 9.76. The van der Waals surface area contributed by atoms with Crippen LogP contribution >= 0.6 is 11.6 Å². The highest BCUT2D eigenvalue weighted by atomic mass is 35.5. The summed E-state index contributed by atoms with van der Waals surface area (Å²) in [6.45, 7) is 1.15. The van der Waals surface area contributed by atoms with Crippen LogP contribution in [0.3, 0.4) is 0 Å².